The number of fused-ring (bicyclic) bond motifs is 2. The van der Waals surface area contributed by atoms with Gasteiger partial charge in [0.1, 0.15) is 11.6 Å². The fourth-order valence-corrected chi connectivity index (χ4v) is 4.47. The molecule has 0 bridgehead atoms. The molecule has 7 nitrogen and oxygen atoms in total. The van der Waals surface area contributed by atoms with Gasteiger partial charge in [0.25, 0.3) is 0 Å². The van der Waals surface area contributed by atoms with E-state index in [1.165, 1.54) is 0 Å². The number of carbonyl (C=O) groups excluding carboxylic acids is 1. The minimum absolute atomic E-state index is 0.100. The number of hydrogen-bond acceptors (Lipinski definition) is 5. The van der Waals surface area contributed by atoms with Gasteiger partial charge in [-0.2, -0.15) is 5.10 Å². The van der Waals surface area contributed by atoms with Crippen LogP contribution in [0.3, 0.4) is 0 Å². The van der Waals surface area contributed by atoms with Crippen molar-refractivity contribution in [1.82, 2.24) is 24.7 Å². The number of carbonyl (C=O) groups is 1. The number of aryl methyl sites for hydroxylation is 2. The summed E-state index contributed by atoms with van der Waals surface area (Å²) < 4.78 is 1.59. The van der Waals surface area contributed by atoms with Gasteiger partial charge >= 0.3 is 0 Å². The summed E-state index contributed by atoms with van der Waals surface area (Å²) in [4.78, 5) is 25.4. The number of H-pyrrole nitrogens is 1. The zero-order chi connectivity index (χ0) is 23.4. The van der Waals surface area contributed by atoms with Crippen LogP contribution in [0.4, 0.5) is 5.82 Å². The van der Waals surface area contributed by atoms with Gasteiger partial charge in [0, 0.05) is 29.4 Å². The summed E-state index contributed by atoms with van der Waals surface area (Å²) in [6.07, 6.45) is 5.95. The molecule has 166 valence electrons. The molecule has 0 spiro atoms. The number of nitrogen functional groups attached to an aromatic ring is 1. The van der Waals surface area contributed by atoms with Crippen molar-refractivity contribution in [2.45, 2.75) is 20.3 Å². The summed E-state index contributed by atoms with van der Waals surface area (Å²) in [5.41, 5.74) is 15.3. The van der Waals surface area contributed by atoms with E-state index < -0.39 is 0 Å². The maximum Gasteiger partial charge on any atom is 0.194 e. The first-order chi connectivity index (χ1) is 16.5. The van der Waals surface area contributed by atoms with Crippen molar-refractivity contribution < 1.29 is 4.79 Å². The zero-order valence-corrected chi connectivity index (χ0v) is 18.8. The largest absolute Gasteiger partial charge is 0.383 e. The number of hydrogen-bond donors (Lipinski definition) is 2. The zero-order valence-electron chi connectivity index (χ0n) is 18.8. The predicted octanol–water partition coefficient (Wildman–Crippen LogP) is 4.83. The fraction of sp³-hybridized carbons (Fsp3) is 0.111. The highest BCUT2D eigenvalue weighted by Crippen LogP contribution is 2.32. The van der Waals surface area contributed by atoms with E-state index in [0.29, 0.717) is 23.4 Å². The number of anilines is 1. The number of nitrogens with two attached hydrogens (primary N) is 1. The van der Waals surface area contributed by atoms with Crippen molar-refractivity contribution in [3.05, 3.63) is 94.7 Å². The summed E-state index contributed by atoms with van der Waals surface area (Å²) in [7, 11) is 0. The van der Waals surface area contributed by atoms with Gasteiger partial charge in [-0.15, -0.1) is 0 Å². The van der Waals surface area contributed by atoms with Crippen LogP contribution < -0.4 is 5.73 Å². The average Bonchev–Trinajstić information content (AvgIpc) is 3.53. The first kappa shape index (κ1) is 20.1. The molecule has 34 heavy (non-hydrogen) atoms. The lowest BCUT2D eigenvalue weighted by molar-refractivity contribution is 0.103. The Bertz CT molecular complexity index is 1620. The van der Waals surface area contributed by atoms with E-state index in [2.05, 4.69) is 44.3 Å². The summed E-state index contributed by atoms with van der Waals surface area (Å²) in [6.45, 7) is 3.88. The number of benzene rings is 2. The van der Waals surface area contributed by atoms with Crippen LogP contribution in [0, 0.1) is 13.8 Å². The van der Waals surface area contributed by atoms with Gasteiger partial charge < -0.3 is 10.7 Å². The molecule has 0 aliphatic heterocycles. The molecular weight excluding hydrogens is 424 g/mol. The number of Topliss-reactive ketones (excluding diaryl/α,β-unsaturated/α-hetero) is 1. The predicted molar refractivity (Wildman–Crippen MR) is 133 cm³/mol. The van der Waals surface area contributed by atoms with E-state index in [-0.39, 0.29) is 5.78 Å². The third-order valence-electron chi connectivity index (χ3n) is 6.27. The number of allylic oxidation sites excluding steroid dienone is 1. The molecule has 0 atom stereocenters. The second-order valence-corrected chi connectivity index (χ2v) is 8.66. The molecular formula is C27H22N6O. The monoisotopic (exact) mass is 446 g/mol. The first-order valence-corrected chi connectivity index (χ1v) is 11.1. The molecule has 3 N–H and O–H groups in total. The van der Waals surface area contributed by atoms with Crippen LogP contribution in [0.1, 0.15) is 33.0 Å². The highest BCUT2D eigenvalue weighted by molar-refractivity contribution is 6.15. The summed E-state index contributed by atoms with van der Waals surface area (Å²) in [5, 5.41) is 4.40. The van der Waals surface area contributed by atoms with Crippen molar-refractivity contribution in [2.75, 3.05) is 5.73 Å². The van der Waals surface area contributed by atoms with Gasteiger partial charge in [-0.1, -0.05) is 18.2 Å². The van der Waals surface area contributed by atoms with Gasteiger partial charge in [0.2, 0.25) is 0 Å². The third kappa shape index (κ3) is 3.29. The topological polar surface area (TPSA) is 102 Å². The molecule has 5 aromatic rings. The van der Waals surface area contributed by atoms with Crippen LogP contribution in [0.2, 0.25) is 0 Å². The molecule has 1 aliphatic carbocycles. The number of nitrogens with zero attached hydrogens (tertiary/aromatic N) is 4. The highest BCUT2D eigenvalue weighted by Gasteiger charge is 2.24. The minimum Gasteiger partial charge on any atom is -0.383 e. The lowest BCUT2D eigenvalue weighted by Crippen LogP contribution is -2.08. The van der Waals surface area contributed by atoms with E-state index in [1.54, 1.807) is 10.9 Å². The van der Waals surface area contributed by atoms with Crippen molar-refractivity contribution in [3.8, 4) is 16.8 Å². The Hall–Kier alpha value is -4.52. The Balaban J connectivity index is 1.30. The van der Waals surface area contributed by atoms with Crippen molar-refractivity contribution in [3.63, 3.8) is 0 Å². The number of rotatable bonds is 4. The van der Waals surface area contributed by atoms with Crippen molar-refractivity contribution in [2.24, 2.45) is 0 Å². The molecule has 3 aromatic heterocycles. The Morgan fingerprint density at radius 3 is 2.71 bits per heavy atom. The van der Waals surface area contributed by atoms with Crippen molar-refractivity contribution >= 4 is 28.7 Å². The van der Waals surface area contributed by atoms with Crippen LogP contribution in [0.5, 0.6) is 0 Å². The summed E-state index contributed by atoms with van der Waals surface area (Å²) in [6, 6.07) is 16.1. The Labute approximate surface area is 196 Å². The van der Waals surface area contributed by atoms with Crippen LogP contribution in [-0.4, -0.2) is 30.5 Å². The quantitative estimate of drug-likeness (QED) is 0.385. The number of imidazole rings is 1. The molecule has 2 aromatic carbocycles. The second-order valence-electron chi connectivity index (χ2n) is 8.66. The van der Waals surface area contributed by atoms with E-state index in [1.807, 2.05) is 50.4 Å². The lowest BCUT2D eigenvalue weighted by Gasteiger charge is -2.06. The standard InChI is InChI=1S/C27H22N6O/c1-15-3-4-19(13-29-15)17-5-6-18-10-21(11-20(18)9-17)26(34)23-14-30-33(27(23)28)22-7-8-24-25(12-22)32-16(2)31-24/h3-9,11-14H,10,28H2,1-2H3,(H,31,32). The molecule has 0 saturated heterocycles. The molecule has 0 unspecified atom stereocenters. The minimum atomic E-state index is -0.100. The van der Waals surface area contributed by atoms with E-state index in [4.69, 9.17) is 5.73 Å². The molecule has 6 rings (SSSR count). The SMILES string of the molecule is Cc1ccc(-c2ccc3c(c2)C=C(C(=O)c2cnn(-c4ccc5nc(C)[nH]c5c4)c2N)C3)cn1. The van der Waals surface area contributed by atoms with E-state index >= 15 is 0 Å². The number of aromatic amines is 1. The summed E-state index contributed by atoms with van der Waals surface area (Å²) >= 11 is 0. The molecule has 0 radical (unpaired) electrons. The van der Waals surface area contributed by atoms with Crippen LogP contribution in [0.15, 0.2) is 66.5 Å². The average molecular weight is 447 g/mol. The normalized spacial score (nSPS) is 12.7. The molecule has 1 aliphatic rings. The highest BCUT2D eigenvalue weighted by atomic mass is 16.1. The van der Waals surface area contributed by atoms with Gasteiger partial charge in [-0.25, -0.2) is 9.67 Å². The fourth-order valence-electron chi connectivity index (χ4n) is 4.47. The lowest BCUT2D eigenvalue weighted by atomic mass is 10.0. The van der Waals surface area contributed by atoms with E-state index in [9.17, 15) is 4.79 Å². The van der Waals surface area contributed by atoms with Gasteiger partial charge in [-0.3, -0.25) is 9.78 Å². The molecule has 0 fully saturated rings. The maximum atomic E-state index is 13.4. The first-order valence-electron chi connectivity index (χ1n) is 11.1. The van der Waals surface area contributed by atoms with Crippen LogP contribution in [0.25, 0.3) is 33.9 Å². The molecule has 0 saturated carbocycles. The Kier molecular flexibility index (Phi) is 4.45. The maximum absolute atomic E-state index is 13.4. The molecule has 7 heteroatoms. The smallest absolute Gasteiger partial charge is 0.194 e. The number of nitrogens with one attached hydrogen (secondary N) is 1. The van der Waals surface area contributed by atoms with Crippen LogP contribution >= 0.6 is 0 Å². The van der Waals surface area contributed by atoms with Crippen molar-refractivity contribution in [1.29, 1.82) is 0 Å². The van der Waals surface area contributed by atoms with E-state index in [0.717, 1.165) is 50.5 Å². The number of ketones is 1. The van der Waals surface area contributed by atoms with Gasteiger partial charge in [-0.05, 0) is 66.9 Å². The van der Waals surface area contributed by atoms with Gasteiger partial charge in [0.15, 0.2) is 5.78 Å². The summed E-state index contributed by atoms with van der Waals surface area (Å²) in [5.74, 6) is 1.06. The number of aromatic nitrogens is 5. The van der Waals surface area contributed by atoms with Gasteiger partial charge in [0.05, 0.1) is 28.5 Å². The Morgan fingerprint density at radius 2 is 1.88 bits per heavy atom. The number of pyridine rings is 1. The third-order valence-corrected chi connectivity index (χ3v) is 6.27. The molecule has 0 amide bonds. The Morgan fingerprint density at radius 1 is 1.03 bits per heavy atom. The second kappa shape index (κ2) is 7.52. The molecule has 3 heterocycles. The van der Waals surface area contributed by atoms with Crippen LogP contribution in [-0.2, 0) is 6.42 Å².